The van der Waals surface area contributed by atoms with Crippen molar-refractivity contribution in [2.24, 2.45) is 0 Å². The number of hydrogen-bond donors (Lipinski definition) is 0. The zero-order valence-electron chi connectivity index (χ0n) is 16.0. The van der Waals surface area contributed by atoms with Gasteiger partial charge in [0, 0.05) is 24.1 Å². The quantitative estimate of drug-likeness (QED) is 0.544. The van der Waals surface area contributed by atoms with E-state index in [0.717, 1.165) is 11.3 Å². The minimum atomic E-state index is -0.281. The fourth-order valence-electron chi connectivity index (χ4n) is 2.97. The highest BCUT2D eigenvalue weighted by Gasteiger charge is 2.19. The molecule has 0 aliphatic carbocycles. The van der Waals surface area contributed by atoms with E-state index in [2.05, 4.69) is 23.3 Å². The lowest BCUT2D eigenvalue weighted by atomic mass is 10.1. The number of hydrogen-bond acceptors (Lipinski definition) is 4. The van der Waals surface area contributed by atoms with Crippen LogP contribution in [-0.4, -0.2) is 40.1 Å². The van der Waals surface area contributed by atoms with Gasteiger partial charge in [0.05, 0.1) is 0 Å². The second kappa shape index (κ2) is 9.37. The van der Waals surface area contributed by atoms with E-state index in [1.165, 1.54) is 27.6 Å². The van der Waals surface area contributed by atoms with Crippen LogP contribution >= 0.6 is 11.8 Å². The first-order chi connectivity index (χ1) is 13.7. The van der Waals surface area contributed by atoms with Crippen LogP contribution < -0.4 is 0 Å². The van der Waals surface area contributed by atoms with Crippen LogP contribution in [0.25, 0.3) is 0 Å². The Balaban J connectivity index is 1.87. The molecule has 5 nitrogen and oxygen atoms in total. The summed E-state index contributed by atoms with van der Waals surface area (Å²) in [6, 6.07) is 19.8. The molecule has 0 saturated carbocycles. The second-order valence-corrected chi connectivity index (χ2v) is 7.33. The third kappa shape index (κ3) is 4.51. The minimum absolute atomic E-state index is 0.264. The number of amides is 1. The van der Waals surface area contributed by atoms with Crippen molar-refractivity contribution in [3.05, 3.63) is 77.5 Å². The van der Waals surface area contributed by atoms with Crippen molar-refractivity contribution in [1.82, 2.24) is 14.7 Å². The van der Waals surface area contributed by atoms with Gasteiger partial charge in [0.15, 0.2) is 6.29 Å². The molecule has 0 saturated heterocycles. The van der Waals surface area contributed by atoms with Crippen molar-refractivity contribution >= 4 is 24.1 Å². The highest BCUT2D eigenvalue weighted by molar-refractivity contribution is 7.99. The summed E-state index contributed by atoms with van der Waals surface area (Å²) in [6.45, 7) is 4.94. The van der Waals surface area contributed by atoms with E-state index in [1.807, 2.05) is 50.2 Å². The Labute approximate surface area is 169 Å². The largest absolute Gasteiger partial charge is 0.345 e. The van der Waals surface area contributed by atoms with Gasteiger partial charge in [-0.2, -0.15) is 9.78 Å². The van der Waals surface area contributed by atoms with E-state index >= 15 is 0 Å². The van der Waals surface area contributed by atoms with Gasteiger partial charge >= 0.3 is 6.03 Å². The van der Waals surface area contributed by atoms with Crippen LogP contribution in [0.3, 0.4) is 0 Å². The Bertz CT molecular complexity index is 949. The van der Waals surface area contributed by atoms with Crippen molar-refractivity contribution in [3.8, 4) is 0 Å². The van der Waals surface area contributed by atoms with Gasteiger partial charge in [-0.25, -0.2) is 4.79 Å². The summed E-state index contributed by atoms with van der Waals surface area (Å²) >= 11 is 1.47. The molecule has 3 aromatic rings. The average molecular weight is 394 g/mol. The monoisotopic (exact) mass is 393 g/mol. The van der Waals surface area contributed by atoms with Crippen molar-refractivity contribution in [2.75, 3.05) is 13.1 Å². The molecule has 0 aliphatic rings. The molecular weight excluding hydrogens is 370 g/mol. The Morgan fingerprint density at radius 3 is 2.43 bits per heavy atom. The fourth-order valence-corrected chi connectivity index (χ4v) is 3.91. The Hall–Kier alpha value is -2.86. The number of carbonyl (C=O) groups is 2. The van der Waals surface area contributed by atoms with E-state index in [9.17, 15) is 9.59 Å². The highest BCUT2D eigenvalue weighted by atomic mass is 32.2. The van der Waals surface area contributed by atoms with Crippen LogP contribution in [0.5, 0.6) is 0 Å². The maximum atomic E-state index is 12.6. The van der Waals surface area contributed by atoms with Gasteiger partial charge in [0.2, 0.25) is 0 Å². The molecule has 0 aliphatic heterocycles. The lowest BCUT2D eigenvalue weighted by molar-refractivity contribution is 0.111. The van der Waals surface area contributed by atoms with Crippen LogP contribution in [-0.2, 0) is 6.42 Å². The van der Waals surface area contributed by atoms with Crippen molar-refractivity contribution in [2.45, 2.75) is 30.2 Å². The number of nitrogens with zero attached hydrogens (tertiary/aromatic N) is 3. The van der Waals surface area contributed by atoms with Gasteiger partial charge in [-0.1, -0.05) is 60.3 Å². The molecule has 144 valence electrons. The van der Waals surface area contributed by atoms with E-state index in [1.54, 1.807) is 11.0 Å². The first-order valence-electron chi connectivity index (χ1n) is 9.30. The summed E-state index contributed by atoms with van der Waals surface area (Å²) in [7, 11) is 0. The third-order valence-corrected chi connectivity index (χ3v) is 5.50. The van der Waals surface area contributed by atoms with Crippen LogP contribution in [0, 0.1) is 0 Å². The molecule has 0 bridgehead atoms. The van der Waals surface area contributed by atoms with Gasteiger partial charge < -0.3 is 4.90 Å². The minimum Gasteiger partial charge on any atom is -0.323 e. The summed E-state index contributed by atoms with van der Waals surface area (Å²) in [4.78, 5) is 26.8. The van der Waals surface area contributed by atoms with Gasteiger partial charge in [0.25, 0.3) is 0 Å². The number of carbonyl (C=O) groups excluding carboxylic acids is 2. The van der Waals surface area contributed by atoms with Crippen LogP contribution in [0.15, 0.2) is 70.6 Å². The Morgan fingerprint density at radius 1 is 1.07 bits per heavy atom. The topological polar surface area (TPSA) is 55.2 Å². The normalized spacial score (nSPS) is 10.6. The SMILES string of the molecule is CCN(CC)C(=O)n1nc(Sc2ccccc2Cc2ccccc2)cc1C=O. The number of rotatable bonds is 7. The van der Waals surface area contributed by atoms with E-state index in [4.69, 9.17) is 0 Å². The third-order valence-electron chi connectivity index (χ3n) is 4.47. The zero-order chi connectivity index (χ0) is 19.9. The first kappa shape index (κ1) is 19.9. The lowest BCUT2D eigenvalue weighted by Crippen LogP contribution is -2.35. The maximum absolute atomic E-state index is 12.6. The molecule has 0 fully saturated rings. The zero-order valence-corrected chi connectivity index (χ0v) is 16.9. The molecule has 0 radical (unpaired) electrons. The predicted octanol–water partition coefficient (Wildman–Crippen LogP) is 4.75. The first-order valence-corrected chi connectivity index (χ1v) is 10.1. The molecule has 2 aromatic carbocycles. The molecule has 3 rings (SSSR count). The standard InChI is InChI=1S/C22H23N3O2S/c1-3-24(4-2)22(27)25-19(16-26)15-21(23-25)28-20-13-9-8-12-18(20)14-17-10-6-5-7-11-17/h5-13,15-16H,3-4,14H2,1-2H3. The molecule has 6 heteroatoms. The smallest absolute Gasteiger partial charge is 0.323 e. The highest BCUT2D eigenvalue weighted by Crippen LogP contribution is 2.31. The van der Waals surface area contributed by atoms with Crippen LogP contribution in [0.2, 0.25) is 0 Å². The van der Waals surface area contributed by atoms with Crippen LogP contribution in [0.1, 0.15) is 35.5 Å². The molecule has 0 atom stereocenters. The van der Waals surface area contributed by atoms with Crippen molar-refractivity contribution < 1.29 is 9.59 Å². The lowest BCUT2D eigenvalue weighted by Gasteiger charge is -2.18. The molecule has 1 amide bonds. The summed E-state index contributed by atoms with van der Waals surface area (Å²) in [6.07, 6.45) is 1.48. The Morgan fingerprint density at radius 2 is 1.75 bits per heavy atom. The molecule has 1 aromatic heterocycles. The van der Waals surface area contributed by atoms with Crippen LogP contribution in [0.4, 0.5) is 4.79 Å². The van der Waals surface area contributed by atoms with Gasteiger partial charge in [-0.15, -0.1) is 0 Å². The van der Waals surface area contributed by atoms with E-state index in [-0.39, 0.29) is 11.7 Å². The van der Waals surface area contributed by atoms with Gasteiger partial charge in [-0.3, -0.25) is 4.79 Å². The number of aldehydes is 1. The maximum Gasteiger partial charge on any atom is 0.345 e. The average Bonchev–Trinajstić information content (AvgIpc) is 3.14. The molecule has 28 heavy (non-hydrogen) atoms. The molecule has 0 spiro atoms. The summed E-state index contributed by atoms with van der Waals surface area (Å²) in [5, 5.41) is 5.03. The molecule has 1 heterocycles. The fraction of sp³-hybridized carbons (Fsp3) is 0.227. The molecule has 0 unspecified atom stereocenters. The van der Waals surface area contributed by atoms with E-state index < -0.39 is 0 Å². The van der Waals surface area contributed by atoms with E-state index in [0.29, 0.717) is 24.4 Å². The van der Waals surface area contributed by atoms with Crippen molar-refractivity contribution in [1.29, 1.82) is 0 Å². The Kier molecular flexibility index (Phi) is 6.66. The molecular formula is C22H23N3O2S. The second-order valence-electron chi connectivity index (χ2n) is 6.26. The number of aromatic nitrogens is 2. The molecule has 0 N–H and O–H groups in total. The summed E-state index contributed by atoms with van der Waals surface area (Å²) in [5.41, 5.74) is 2.67. The van der Waals surface area contributed by atoms with Gasteiger partial charge in [0.1, 0.15) is 10.7 Å². The van der Waals surface area contributed by atoms with Gasteiger partial charge in [-0.05, 0) is 37.5 Å². The summed E-state index contributed by atoms with van der Waals surface area (Å²) in [5.74, 6) is 0. The van der Waals surface area contributed by atoms with Crippen molar-refractivity contribution in [3.63, 3.8) is 0 Å². The predicted molar refractivity (Wildman–Crippen MR) is 111 cm³/mol. The number of benzene rings is 2. The summed E-state index contributed by atoms with van der Waals surface area (Å²) < 4.78 is 1.20.